The largest absolute Gasteiger partial charge is 0.394 e. The molecule has 0 radical (unpaired) electrons. The number of hydrogen-bond donors (Lipinski definition) is 2. The fourth-order valence-electron chi connectivity index (χ4n) is 1.77. The third-order valence-corrected chi connectivity index (χ3v) is 3.63. The summed E-state index contributed by atoms with van der Waals surface area (Å²) in [6, 6.07) is 2.98. The van der Waals surface area contributed by atoms with Crippen molar-refractivity contribution in [3.63, 3.8) is 0 Å². The lowest BCUT2D eigenvalue weighted by Gasteiger charge is -2.15. The molecule has 0 bridgehead atoms. The van der Waals surface area contributed by atoms with E-state index in [1.807, 2.05) is 11.3 Å². The standard InChI is InChI=1S/C11H17NOS/c1-7-5-10(8(2)14-7)11(6-13)12-9-3-4-9/h5,9,11-13H,3-4,6H2,1-2H3. The summed E-state index contributed by atoms with van der Waals surface area (Å²) in [5.41, 5.74) is 1.28. The summed E-state index contributed by atoms with van der Waals surface area (Å²) < 4.78 is 0. The third-order valence-electron chi connectivity index (χ3n) is 2.65. The van der Waals surface area contributed by atoms with Crippen LogP contribution in [0.15, 0.2) is 6.07 Å². The predicted octanol–water partition coefficient (Wildman–Crippen LogP) is 2.15. The zero-order chi connectivity index (χ0) is 10.1. The van der Waals surface area contributed by atoms with Gasteiger partial charge in [0.15, 0.2) is 0 Å². The summed E-state index contributed by atoms with van der Waals surface area (Å²) >= 11 is 1.81. The van der Waals surface area contributed by atoms with E-state index in [-0.39, 0.29) is 12.6 Å². The van der Waals surface area contributed by atoms with Crippen LogP contribution in [-0.2, 0) is 0 Å². The second-order valence-corrected chi connectivity index (χ2v) is 5.51. The van der Waals surface area contributed by atoms with Crippen LogP contribution >= 0.6 is 11.3 Å². The highest BCUT2D eigenvalue weighted by Crippen LogP contribution is 2.29. The molecule has 0 amide bonds. The van der Waals surface area contributed by atoms with E-state index in [9.17, 15) is 5.11 Å². The Balaban J connectivity index is 2.12. The molecule has 0 aliphatic heterocycles. The minimum atomic E-state index is 0.146. The molecule has 14 heavy (non-hydrogen) atoms. The fraction of sp³-hybridized carbons (Fsp3) is 0.636. The normalized spacial score (nSPS) is 18.5. The van der Waals surface area contributed by atoms with Crippen LogP contribution in [0.2, 0.25) is 0 Å². The van der Waals surface area contributed by atoms with Crippen molar-refractivity contribution in [1.82, 2.24) is 5.32 Å². The van der Waals surface area contributed by atoms with Crippen LogP contribution in [-0.4, -0.2) is 17.8 Å². The highest BCUT2D eigenvalue weighted by molar-refractivity contribution is 7.12. The Kier molecular flexibility index (Phi) is 2.91. The molecule has 1 atom stereocenters. The van der Waals surface area contributed by atoms with Crippen LogP contribution in [0.1, 0.15) is 34.2 Å². The van der Waals surface area contributed by atoms with Crippen LogP contribution in [0.3, 0.4) is 0 Å². The van der Waals surface area contributed by atoms with Crippen LogP contribution < -0.4 is 5.32 Å². The van der Waals surface area contributed by atoms with Crippen molar-refractivity contribution in [2.24, 2.45) is 0 Å². The molecule has 0 saturated heterocycles. The quantitative estimate of drug-likeness (QED) is 0.800. The van der Waals surface area contributed by atoms with Crippen molar-refractivity contribution < 1.29 is 5.11 Å². The van der Waals surface area contributed by atoms with Crippen molar-refractivity contribution in [1.29, 1.82) is 0 Å². The number of thiophene rings is 1. The number of aliphatic hydroxyl groups is 1. The number of nitrogens with one attached hydrogen (secondary N) is 1. The molecule has 3 heteroatoms. The predicted molar refractivity (Wildman–Crippen MR) is 59.8 cm³/mol. The molecule has 2 rings (SSSR count). The molecule has 0 aromatic carbocycles. The van der Waals surface area contributed by atoms with Gasteiger partial charge in [-0.15, -0.1) is 11.3 Å². The summed E-state index contributed by atoms with van der Waals surface area (Å²) in [7, 11) is 0. The van der Waals surface area contributed by atoms with E-state index in [1.54, 1.807) is 0 Å². The molecule has 1 aliphatic carbocycles. The Labute approximate surface area is 89.0 Å². The first kappa shape index (κ1) is 10.1. The van der Waals surface area contributed by atoms with Gasteiger partial charge in [0.2, 0.25) is 0 Å². The molecule has 78 valence electrons. The minimum Gasteiger partial charge on any atom is -0.394 e. The molecule has 2 N–H and O–H groups in total. The maximum atomic E-state index is 9.33. The summed E-state index contributed by atoms with van der Waals surface area (Å²) in [4.78, 5) is 2.66. The van der Waals surface area contributed by atoms with Gasteiger partial charge >= 0.3 is 0 Å². The molecule has 1 aromatic rings. The molecule has 2 nitrogen and oxygen atoms in total. The van der Waals surface area contributed by atoms with Crippen molar-refractivity contribution >= 4 is 11.3 Å². The zero-order valence-electron chi connectivity index (χ0n) is 8.71. The monoisotopic (exact) mass is 211 g/mol. The summed E-state index contributed by atoms with van der Waals surface area (Å²) in [5, 5.41) is 12.8. The number of hydrogen-bond acceptors (Lipinski definition) is 3. The third kappa shape index (κ3) is 2.16. The van der Waals surface area contributed by atoms with Gasteiger partial charge in [-0.25, -0.2) is 0 Å². The van der Waals surface area contributed by atoms with E-state index in [0.717, 1.165) is 0 Å². The first-order valence-corrected chi connectivity index (χ1v) is 5.96. The summed E-state index contributed by atoms with van der Waals surface area (Å²) in [6.45, 7) is 4.45. The van der Waals surface area contributed by atoms with Gasteiger partial charge in [-0.2, -0.15) is 0 Å². The number of aliphatic hydroxyl groups excluding tert-OH is 1. The molecular formula is C11H17NOS. The van der Waals surface area contributed by atoms with Crippen LogP contribution in [0.5, 0.6) is 0 Å². The second kappa shape index (κ2) is 4.01. The van der Waals surface area contributed by atoms with Gasteiger partial charge in [0.1, 0.15) is 0 Å². The van der Waals surface area contributed by atoms with Crippen molar-refractivity contribution in [3.8, 4) is 0 Å². The summed E-state index contributed by atoms with van der Waals surface area (Å²) in [5.74, 6) is 0. The van der Waals surface area contributed by atoms with Gasteiger partial charge in [-0.1, -0.05) is 0 Å². The molecule has 0 spiro atoms. The van der Waals surface area contributed by atoms with Gasteiger partial charge in [0.05, 0.1) is 12.6 Å². The van der Waals surface area contributed by atoms with Crippen molar-refractivity contribution in [3.05, 3.63) is 21.4 Å². The first-order chi connectivity index (χ1) is 6.70. The molecule has 1 aromatic heterocycles. The Morgan fingerprint density at radius 3 is 2.71 bits per heavy atom. The lowest BCUT2D eigenvalue weighted by atomic mass is 10.1. The minimum absolute atomic E-state index is 0.146. The van der Waals surface area contributed by atoms with E-state index in [1.165, 1.54) is 28.2 Å². The SMILES string of the molecule is Cc1cc(C(CO)NC2CC2)c(C)s1. The van der Waals surface area contributed by atoms with E-state index < -0.39 is 0 Å². The maximum Gasteiger partial charge on any atom is 0.0627 e. The number of aryl methyl sites for hydroxylation is 2. The molecule has 1 unspecified atom stereocenters. The average molecular weight is 211 g/mol. The zero-order valence-corrected chi connectivity index (χ0v) is 9.53. The maximum absolute atomic E-state index is 9.33. The highest BCUT2D eigenvalue weighted by Gasteiger charge is 2.26. The van der Waals surface area contributed by atoms with Crippen LogP contribution in [0.4, 0.5) is 0 Å². The van der Waals surface area contributed by atoms with Crippen LogP contribution in [0, 0.1) is 13.8 Å². The van der Waals surface area contributed by atoms with E-state index in [0.29, 0.717) is 6.04 Å². The molecule has 1 heterocycles. The summed E-state index contributed by atoms with van der Waals surface area (Å²) in [6.07, 6.45) is 2.53. The van der Waals surface area contributed by atoms with Gasteiger partial charge in [0, 0.05) is 15.8 Å². The molecular weight excluding hydrogens is 194 g/mol. The van der Waals surface area contributed by atoms with Crippen molar-refractivity contribution in [2.75, 3.05) is 6.61 Å². The first-order valence-electron chi connectivity index (χ1n) is 5.14. The number of rotatable bonds is 4. The highest BCUT2D eigenvalue weighted by atomic mass is 32.1. The van der Waals surface area contributed by atoms with Gasteiger partial charge < -0.3 is 10.4 Å². The fourth-order valence-corrected chi connectivity index (χ4v) is 2.76. The molecule has 1 aliphatic rings. The molecule has 1 saturated carbocycles. The lowest BCUT2D eigenvalue weighted by Crippen LogP contribution is -2.26. The second-order valence-electron chi connectivity index (χ2n) is 4.04. The average Bonchev–Trinajstić information content (AvgIpc) is 2.89. The van der Waals surface area contributed by atoms with Gasteiger partial charge in [0.25, 0.3) is 0 Å². The van der Waals surface area contributed by atoms with Gasteiger partial charge in [-0.3, -0.25) is 0 Å². The topological polar surface area (TPSA) is 32.3 Å². The van der Waals surface area contributed by atoms with E-state index in [2.05, 4.69) is 25.2 Å². The van der Waals surface area contributed by atoms with Crippen molar-refractivity contribution in [2.45, 2.75) is 38.8 Å². The smallest absolute Gasteiger partial charge is 0.0627 e. The van der Waals surface area contributed by atoms with E-state index >= 15 is 0 Å². The molecule has 1 fully saturated rings. The van der Waals surface area contributed by atoms with E-state index in [4.69, 9.17) is 0 Å². The Morgan fingerprint density at radius 2 is 2.29 bits per heavy atom. The Bertz CT molecular complexity index is 317. The Hall–Kier alpha value is -0.380. The Morgan fingerprint density at radius 1 is 1.57 bits per heavy atom. The lowest BCUT2D eigenvalue weighted by molar-refractivity contribution is 0.243. The van der Waals surface area contributed by atoms with Crippen LogP contribution in [0.25, 0.3) is 0 Å². The van der Waals surface area contributed by atoms with Gasteiger partial charge in [-0.05, 0) is 38.3 Å².